The molecule has 0 radical (unpaired) electrons. The summed E-state index contributed by atoms with van der Waals surface area (Å²) >= 11 is 0. The largest absolute Gasteiger partial charge is 0.280 e. The van der Waals surface area contributed by atoms with Gasteiger partial charge in [0.15, 0.2) is 0 Å². The number of hydrogen-bond acceptors (Lipinski definition) is 3. The third kappa shape index (κ3) is 4.05. The highest BCUT2D eigenvalue weighted by Crippen LogP contribution is 2.29. The summed E-state index contributed by atoms with van der Waals surface area (Å²) in [6.07, 6.45) is 3.57. The van der Waals surface area contributed by atoms with Crippen molar-refractivity contribution >= 4 is 15.7 Å². The van der Waals surface area contributed by atoms with Crippen molar-refractivity contribution in [3.63, 3.8) is 0 Å². The van der Waals surface area contributed by atoms with Gasteiger partial charge in [-0.25, -0.2) is 8.42 Å². The maximum Gasteiger partial charge on any atom is 0.262 e. The number of anilines is 1. The van der Waals surface area contributed by atoms with Gasteiger partial charge in [-0.2, -0.15) is 0 Å². The molecule has 3 aromatic carbocycles. The molecule has 29 heavy (non-hydrogen) atoms. The molecule has 0 unspecified atom stereocenters. The van der Waals surface area contributed by atoms with Crippen molar-refractivity contribution in [3.05, 3.63) is 103 Å². The Bertz CT molecular complexity index is 1240. The van der Waals surface area contributed by atoms with Gasteiger partial charge in [0.25, 0.3) is 10.0 Å². The summed E-state index contributed by atoms with van der Waals surface area (Å²) in [7, 11) is -3.74. The molecule has 0 aliphatic heterocycles. The normalized spacial score (nSPS) is 11.2. The van der Waals surface area contributed by atoms with Crippen LogP contribution in [-0.4, -0.2) is 13.4 Å². The first-order valence-electron chi connectivity index (χ1n) is 9.23. The lowest BCUT2D eigenvalue weighted by atomic mass is 10.0. The van der Waals surface area contributed by atoms with Crippen LogP contribution in [0.15, 0.2) is 102 Å². The van der Waals surface area contributed by atoms with Crippen molar-refractivity contribution in [2.24, 2.45) is 0 Å². The number of benzene rings is 3. The second kappa shape index (κ2) is 7.89. The summed E-state index contributed by atoms with van der Waals surface area (Å²) in [6.45, 7) is 2.02. The lowest BCUT2D eigenvalue weighted by Gasteiger charge is -2.13. The Balaban J connectivity index is 1.64. The Labute approximate surface area is 170 Å². The van der Waals surface area contributed by atoms with Gasteiger partial charge < -0.3 is 0 Å². The Morgan fingerprint density at radius 2 is 1.38 bits per heavy atom. The molecular weight excluding hydrogens is 380 g/mol. The fourth-order valence-corrected chi connectivity index (χ4v) is 4.54. The standard InChI is InChI=1S/C24H20N2O2S/c1-18-15-16-25-17-23(18)20-11-13-21(14-12-20)26-29(27,28)24-10-6-5-9-22(24)19-7-3-2-4-8-19/h2-17,26H,1H3. The molecule has 0 saturated carbocycles. The second-order valence-corrected chi connectivity index (χ2v) is 8.39. The first-order chi connectivity index (χ1) is 14.0. The smallest absolute Gasteiger partial charge is 0.262 e. The highest BCUT2D eigenvalue weighted by Gasteiger charge is 2.19. The Kier molecular flexibility index (Phi) is 5.14. The number of sulfonamides is 1. The lowest BCUT2D eigenvalue weighted by molar-refractivity contribution is 0.601. The van der Waals surface area contributed by atoms with E-state index in [2.05, 4.69) is 9.71 Å². The van der Waals surface area contributed by atoms with Gasteiger partial charge in [-0.1, -0.05) is 60.7 Å². The number of rotatable bonds is 5. The summed E-state index contributed by atoms with van der Waals surface area (Å²) in [4.78, 5) is 4.42. The van der Waals surface area contributed by atoms with Gasteiger partial charge in [0, 0.05) is 29.2 Å². The minimum absolute atomic E-state index is 0.249. The number of nitrogens with zero attached hydrogens (tertiary/aromatic N) is 1. The summed E-state index contributed by atoms with van der Waals surface area (Å²) in [5.41, 5.74) is 5.17. The number of aromatic nitrogens is 1. The molecule has 0 aliphatic rings. The molecular formula is C24H20N2O2S. The molecule has 4 nitrogen and oxygen atoms in total. The predicted octanol–water partition coefficient (Wildman–Crippen LogP) is 5.52. The summed E-state index contributed by atoms with van der Waals surface area (Å²) < 4.78 is 28.9. The lowest BCUT2D eigenvalue weighted by Crippen LogP contribution is -2.14. The van der Waals surface area contributed by atoms with Crippen LogP contribution in [0, 0.1) is 6.92 Å². The van der Waals surface area contributed by atoms with Crippen molar-refractivity contribution in [1.82, 2.24) is 4.98 Å². The van der Waals surface area contributed by atoms with Crippen molar-refractivity contribution in [1.29, 1.82) is 0 Å². The Morgan fingerprint density at radius 1 is 0.724 bits per heavy atom. The molecule has 5 heteroatoms. The number of nitrogens with one attached hydrogen (secondary N) is 1. The zero-order valence-electron chi connectivity index (χ0n) is 15.9. The van der Waals surface area contributed by atoms with Crippen LogP contribution in [0.25, 0.3) is 22.3 Å². The minimum atomic E-state index is -3.74. The fourth-order valence-electron chi connectivity index (χ4n) is 3.25. The first-order valence-corrected chi connectivity index (χ1v) is 10.7. The van der Waals surface area contributed by atoms with Crippen molar-refractivity contribution in [3.8, 4) is 22.3 Å². The van der Waals surface area contributed by atoms with Crippen molar-refractivity contribution in [2.45, 2.75) is 11.8 Å². The molecule has 0 atom stereocenters. The van der Waals surface area contributed by atoms with E-state index >= 15 is 0 Å². The van der Waals surface area contributed by atoms with Crippen LogP contribution in [0.5, 0.6) is 0 Å². The van der Waals surface area contributed by atoms with E-state index < -0.39 is 10.0 Å². The van der Waals surface area contributed by atoms with E-state index in [1.54, 1.807) is 30.5 Å². The maximum absolute atomic E-state index is 13.1. The number of pyridine rings is 1. The second-order valence-electron chi connectivity index (χ2n) is 6.74. The third-order valence-corrected chi connectivity index (χ3v) is 6.19. The highest BCUT2D eigenvalue weighted by atomic mass is 32.2. The summed E-state index contributed by atoms with van der Waals surface area (Å²) in [5.74, 6) is 0. The van der Waals surface area contributed by atoms with E-state index in [4.69, 9.17) is 0 Å². The molecule has 4 rings (SSSR count). The van der Waals surface area contributed by atoms with Gasteiger partial charge >= 0.3 is 0 Å². The van der Waals surface area contributed by atoms with Crippen LogP contribution in [-0.2, 0) is 10.0 Å². The van der Waals surface area contributed by atoms with E-state index in [-0.39, 0.29) is 4.90 Å². The predicted molar refractivity (Wildman–Crippen MR) is 117 cm³/mol. The van der Waals surface area contributed by atoms with Gasteiger partial charge in [-0.05, 0) is 47.9 Å². The molecule has 4 aromatic rings. The molecule has 1 aromatic heterocycles. The van der Waals surface area contributed by atoms with E-state index in [0.717, 1.165) is 22.3 Å². The highest BCUT2D eigenvalue weighted by molar-refractivity contribution is 7.92. The monoisotopic (exact) mass is 400 g/mol. The molecule has 0 fully saturated rings. The first kappa shape index (κ1) is 18.9. The zero-order valence-corrected chi connectivity index (χ0v) is 16.7. The molecule has 0 spiro atoms. The van der Waals surface area contributed by atoms with Crippen LogP contribution in [0.3, 0.4) is 0 Å². The van der Waals surface area contributed by atoms with Gasteiger partial charge in [0.05, 0.1) is 4.90 Å². The number of hydrogen-bond donors (Lipinski definition) is 1. The molecule has 0 bridgehead atoms. The average molecular weight is 401 g/mol. The summed E-state index contributed by atoms with van der Waals surface area (Å²) in [5, 5.41) is 0. The average Bonchev–Trinajstić information content (AvgIpc) is 2.75. The Morgan fingerprint density at radius 3 is 2.10 bits per heavy atom. The van der Waals surface area contributed by atoms with Crippen LogP contribution >= 0.6 is 0 Å². The quantitative estimate of drug-likeness (QED) is 0.479. The third-order valence-electron chi connectivity index (χ3n) is 4.75. The van der Waals surface area contributed by atoms with Gasteiger partial charge in [-0.3, -0.25) is 9.71 Å². The van der Waals surface area contributed by atoms with Crippen molar-refractivity contribution < 1.29 is 8.42 Å². The van der Waals surface area contributed by atoms with E-state index in [1.165, 1.54) is 0 Å². The summed E-state index contributed by atoms with van der Waals surface area (Å²) in [6, 6.07) is 25.8. The zero-order chi connectivity index (χ0) is 20.3. The Hall–Kier alpha value is -3.44. The van der Waals surface area contributed by atoms with Gasteiger partial charge in [0.1, 0.15) is 0 Å². The number of aryl methyl sites for hydroxylation is 1. The maximum atomic E-state index is 13.1. The van der Waals surface area contributed by atoms with Gasteiger partial charge in [-0.15, -0.1) is 0 Å². The molecule has 0 amide bonds. The van der Waals surface area contributed by atoms with Crippen LogP contribution < -0.4 is 4.72 Å². The van der Waals surface area contributed by atoms with E-state index in [0.29, 0.717) is 11.3 Å². The molecule has 0 aliphatic carbocycles. The molecule has 0 saturated heterocycles. The van der Waals surface area contributed by atoms with E-state index in [9.17, 15) is 8.42 Å². The SMILES string of the molecule is Cc1ccncc1-c1ccc(NS(=O)(=O)c2ccccc2-c2ccccc2)cc1. The van der Waals surface area contributed by atoms with Crippen LogP contribution in [0.2, 0.25) is 0 Å². The fraction of sp³-hybridized carbons (Fsp3) is 0.0417. The van der Waals surface area contributed by atoms with Gasteiger partial charge in [0.2, 0.25) is 0 Å². The molecule has 1 heterocycles. The molecule has 144 valence electrons. The van der Waals surface area contributed by atoms with Crippen LogP contribution in [0.4, 0.5) is 5.69 Å². The molecule has 1 N–H and O–H groups in total. The minimum Gasteiger partial charge on any atom is -0.280 e. The van der Waals surface area contributed by atoms with Crippen LogP contribution in [0.1, 0.15) is 5.56 Å². The topological polar surface area (TPSA) is 59.1 Å². The van der Waals surface area contributed by atoms with E-state index in [1.807, 2.05) is 73.8 Å². The van der Waals surface area contributed by atoms with Crippen molar-refractivity contribution in [2.75, 3.05) is 4.72 Å².